The molecule has 0 atom stereocenters. The summed E-state index contributed by atoms with van der Waals surface area (Å²) in [6.07, 6.45) is 0.953. The van der Waals surface area contributed by atoms with Crippen molar-refractivity contribution >= 4 is 29.0 Å². The van der Waals surface area contributed by atoms with E-state index in [1.165, 1.54) is 7.11 Å². The number of carbonyl (C=O) groups is 2. The number of carbonyl (C=O) groups excluding carboxylic acids is 2. The lowest BCUT2D eigenvalue weighted by atomic mass is 10.1. The lowest BCUT2D eigenvalue weighted by Gasteiger charge is -2.02. The maximum atomic E-state index is 12.0. The van der Waals surface area contributed by atoms with Crippen molar-refractivity contribution in [1.29, 1.82) is 0 Å². The average Bonchev–Trinajstić information content (AvgIpc) is 2.86. The number of nitrogens with zero attached hydrogens (tertiary/aromatic N) is 1. The van der Waals surface area contributed by atoms with Crippen molar-refractivity contribution in [3.63, 3.8) is 0 Å². The fraction of sp³-hybridized carbons (Fsp3) is 0.154. The minimum Gasteiger partial charge on any atom is -0.453 e. The SMILES string of the molecule is C=CCNC(=O)c1cccc2[nH]c(NC(=O)OC)nc12. The Balaban J connectivity index is 2.34. The first-order chi connectivity index (χ1) is 9.65. The number of aromatic nitrogens is 2. The first kappa shape index (κ1) is 13.6. The number of para-hydroxylation sites is 1. The normalized spacial score (nSPS) is 10.1. The summed E-state index contributed by atoms with van der Waals surface area (Å²) in [5, 5.41) is 5.09. The number of H-pyrrole nitrogens is 1. The fourth-order valence-corrected chi connectivity index (χ4v) is 1.68. The highest BCUT2D eigenvalue weighted by Gasteiger charge is 2.14. The van der Waals surface area contributed by atoms with Gasteiger partial charge in [-0.15, -0.1) is 6.58 Å². The quantitative estimate of drug-likeness (QED) is 0.739. The van der Waals surface area contributed by atoms with Gasteiger partial charge < -0.3 is 15.0 Å². The molecule has 0 aliphatic carbocycles. The Morgan fingerprint density at radius 2 is 2.30 bits per heavy atom. The Morgan fingerprint density at radius 1 is 1.50 bits per heavy atom. The Morgan fingerprint density at radius 3 is 3.00 bits per heavy atom. The zero-order valence-electron chi connectivity index (χ0n) is 10.9. The molecular weight excluding hydrogens is 260 g/mol. The number of ether oxygens (including phenoxy) is 1. The summed E-state index contributed by atoms with van der Waals surface area (Å²) >= 11 is 0. The van der Waals surface area contributed by atoms with E-state index in [4.69, 9.17) is 0 Å². The number of fused-ring (bicyclic) bond motifs is 1. The van der Waals surface area contributed by atoms with Gasteiger partial charge in [0.1, 0.15) is 5.52 Å². The summed E-state index contributed by atoms with van der Waals surface area (Å²) in [6, 6.07) is 5.14. The molecule has 1 aromatic carbocycles. The van der Waals surface area contributed by atoms with Gasteiger partial charge in [0.05, 0.1) is 18.2 Å². The van der Waals surface area contributed by atoms with Crippen LogP contribution in [0.3, 0.4) is 0 Å². The molecule has 0 saturated carbocycles. The number of methoxy groups -OCH3 is 1. The van der Waals surface area contributed by atoms with Gasteiger partial charge >= 0.3 is 6.09 Å². The molecule has 2 rings (SSSR count). The van der Waals surface area contributed by atoms with Crippen molar-refractivity contribution in [1.82, 2.24) is 15.3 Å². The van der Waals surface area contributed by atoms with Gasteiger partial charge in [0.2, 0.25) is 5.95 Å². The third-order valence-corrected chi connectivity index (χ3v) is 2.57. The van der Waals surface area contributed by atoms with Crippen molar-refractivity contribution in [3.05, 3.63) is 36.4 Å². The maximum absolute atomic E-state index is 12.0. The zero-order chi connectivity index (χ0) is 14.5. The molecule has 0 radical (unpaired) electrons. The van der Waals surface area contributed by atoms with Gasteiger partial charge in [-0.05, 0) is 12.1 Å². The molecule has 0 fully saturated rings. The van der Waals surface area contributed by atoms with E-state index in [9.17, 15) is 9.59 Å². The third kappa shape index (κ3) is 2.77. The molecular formula is C13H14N4O3. The molecule has 0 aliphatic heterocycles. The Hall–Kier alpha value is -2.83. The van der Waals surface area contributed by atoms with Gasteiger partial charge in [-0.2, -0.15) is 0 Å². The monoisotopic (exact) mass is 274 g/mol. The number of aromatic amines is 1. The van der Waals surface area contributed by atoms with Crippen molar-refractivity contribution in [3.8, 4) is 0 Å². The molecule has 3 N–H and O–H groups in total. The number of hydrogen-bond acceptors (Lipinski definition) is 4. The number of imidazole rings is 1. The Kier molecular flexibility index (Phi) is 3.99. The summed E-state index contributed by atoms with van der Waals surface area (Å²) in [7, 11) is 1.26. The Bertz CT molecular complexity index is 663. The minimum atomic E-state index is -0.637. The number of rotatable bonds is 4. The predicted octanol–water partition coefficient (Wildman–Crippen LogP) is 1.66. The lowest BCUT2D eigenvalue weighted by Crippen LogP contribution is -2.23. The molecule has 0 unspecified atom stereocenters. The van der Waals surface area contributed by atoms with Crippen LogP contribution in [0.15, 0.2) is 30.9 Å². The van der Waals surface area contributed by atoms with Gasteiger partial charge in [-0.25, -0.2) is 9.78 Å². The summed E-state index contributed by atoms with van der Waals surface area (Å²) < 4.78 is 4.48. The summed E-state index contributed by atoms with van der Waals surface area (Å²) in [4.78, 5) is 30.2. The predicted molar refractivity (Wildman–Crippen MR) is 74.7 cm³/mol. The van der Waals surface area contributed by atoms with Crippen molar-refractivity contribution in [2.45, 2.75) is 0 Å². The molecule has 2 aromatic rings. The topological polar surface area (TPSA) is 96.1 Å². The van der Waals surface area contributed by atoms with Crippen LogP contribution in [0, 0.1) is 0 Å². The number of nitrogens with one attached hydrogen (secondary N) is 3. The van der Waals surface area contributed by atoms with E-state index >= 15 is 0 Å². The molecule has 0 saturated heterocycles. The summed E-state index contributed by atoms with van der Waals surface area (Å²) in [5.74, 6) is -0.0394. The molecule has 7 heteroatoms. The first-order valence-electron chi connectivity index (χ1n) is 5.88. The number of amides is 2. The lowest BCUT2D eigenvalue weighted by molar-refractivity contribution is 0.0959. The maximum Gasteiger partial charge on any atom is 0.413 e. The van der Waals surface area contributed by atoms with Crippen LogP contribution in [-0.2, 0) is 4.74 Å². The molecule has 0 spiro atoms. The van der Waals surface area contributed by atoms with Gasteiger partial charge in [0.15, 0.2) is 0 Å². The van der Waals surface area contributed by atoms with Crippen LogP contribution in [-0.4, -0.2) is 35.6 Å². The van der Waals surface area contributed by atoms with E-state index in [-0.39, 0.29) is 11.9 Å². The van der Waals surface area contributed by atoms with Crippen LogP contribution < -0.4 is 10.6 Å². The standard InChI is InChI=1S/C13H14N4O3/c1-3-7-14-11(18)8-5-4-6-9-10(8)16-12(15-9)17-13(19)20-2/h3-6H,1,7H2,2H3,(H,14,18)(H2,15,16,17,19). The molecule has 2 amide bonds. The van der Waals surface area contributed by atoms with Gasteiger partial charge in [-0.3, -0.25) is 10.1 Å². The molecule has 0 bridgehead atoms. The molecule has 1 heterocycles. The second-order valence-corrected chi connectivity index (χ2v) is 3.90. The van der Waals surface area contributed by atoms with Crippen LogP contribution in [0.5, 0.6) is 0 Å². The highest BCUT2D eigenvalue weighted by Crippen LogP contribution is 2.18. The van der Waals surface area contributed by atoms with Gasteiger partial charge in [0, 0.05) is 6.54 Å². The minimum absolute atomic E-state index is 0.218. The largest absolute Gasteiger partial charge is 0.453 e. The number of benzene rings is 1. The van der Waals surface area contributed by atoms with E-state index in [1.807, 2.05) is 0 Å². The second-order valence-electron chi connectivity index (χ2n) is 3.90. The zero-order valence-corrected chi connectivity index (χ0v) is 10.9. The van der Waals surface area contributed by atoms with E-state index in [1.54, 1.807) is 24.3 Å². The van der Waals surface area contributed by atoms with Crippen LogP contribution in [0.4, 0.5) is 10.7 Å². The molecule has 7 nitrogen and oxygen atoms in total. The third-order valence-electron chi connectivity index (χ3n) is 2.57. The summed E-state index contributed by atoms with van der Waals surface area (Å²) in [5.41, 5.74) is 1.53. The summed E-state index contributed by atoms with van der Waals surface area (Å²) in [6.45, 7) is 3.90. The van der Waals surface area contributed by atoms with Crippen molar-refractivity contribution in [2.24, 2.45) is 0 Å². The fourth-order valence-electron chi connectivity index (χ4n) is 1.68. The smallest absolute Gasteiger partial charge is 0.413 e. The van der Waals surface area contributed by atoms with Gasteiger partial charge in [0.25, 0.3) is 5.91 Å². The average molecular weight is 274 g/mol. The van der Waals surface area contributed by atoms with E-state index < -0.39 is 6.09 Å². The van der Waals surface area contributed by atoms with Crippen LogP contribution in [0.1, 0.15) is 10.4 Å². The molecule has 0 aliphatic rings. The highest BCUT2D eigenvalue weighted by atomic mass is 16.5. The van der Waals surface area contributed by atoms with Crippen LogP contribution >= 0.6 is 0 Å². The number of anilines is 1. The van der Waals surface area contributed by atoms with Crippen LogP contribution in [0.2, 0.25) is 0 Å². The van der Waals surface area contributed by atoms with Gasteiger partial charge in [-0.1, -0.05) is 12.1 Å². The van der Waals surface area contributed by atoms with E-state index in [2.05, 4.69) is 31.9 Å². The first-order valence-corrected chi connectivity index (χ1v) is 5.88. The van der Waals surface area contributed by atoms with Crippen LogP contribution in [0.25, 0.3) is 11.0 Å². The van der Waals surface area contributed by atoms with E-state index in [0.717, 1.165) is 0 Å². The molecule has 104 valence electrons. The Labute approximate surface area is 115 Å². The second kappa shape index (κ2) is 5.87. The number of hydrogen-bond donors (Lipinski definition) is 3. The van der Waals surface area contributed by atoms with Crippen molar-refractivity contribution < 1.29 is 14.3 Å². The van der Waals surface area contributed by atoms with Crippen molar-refractivity contribution in [2.75, 3.05) is 19.0 Å². The highest BCUT2D eigenvalue weighted by molar-refractivity contribution is 6.05. The van der Waals surface area contributed by atoms with E-state index in [0.29, 0.717) is 23.1 Å². The molecule has 1 aromatic heterocycles. The molecule has 20 heavy (non-hydrogen) atoms.